The molecule has 6 rings (SSSR count). The van der Waals surface area contributed by atoms with E-state index >= 15 is 0 Å². The fourth-order valence-electron chi connectivity index (χ4n) is 4.58. The zero-order valence-corrected chi connectivity index (χ0v) is 16.6. The van der Waals surface area contributed by atoms with E-state index in [1.807, 2.05) is 35.4 Å². The van der Waals surface area contributed by atoms with Crippen LogP contribution in [0.25, 0.3) is 11.4 Å². The summed E-state index contributed by atoms with van der Waals surface area (Å²) in [5.41, 5.74) is 3.54. The van der Waals surface area contributed by atoms with Crippen LogP contribution in [0.2, 0.25) is 0 Å². The number of ether oxygens (including phenoxy) is 1. The van der Waals surface area contributed by atoms with Gasteiger partial charge in [-0.2, -0.15) is 10.1 Å². The average Bonchev–Trinajstić information content (AvgIpc) is 3.31. The number of carbonyl (C=O) groups is 1. The first-order chi connectivity index (χ1) is 14.7. The SMILES string of the molecule is O=C(c1ccc(-c2noc(C3CC3)n2)cc1)N1CCC2(CC1)OCCc1cn[nH]c12. The molecule has 1 aliphatic carbocycles. The van der Waals surface area contributed by atoms with E-state index in [0.29, 0.717) is 37.0 Å². The molecule has 1 amide bonds. The molecule has 154 valence electrons. The van der Waals surface area contributed by atoms with Gasteiger partial charge in [0.25, 0.3) is 5.91 Å². The number of piperidine rings is 1. The van der Waals surface area contributed by atoms with Crippen molar-refractivity contribution in [1.29, 1.82) is 0 Å². The Labute approximate surface area is 173 Å². The van der Waals surface area contributed by atoms with E-state index in [1.54, 1.807) is 0 Å². The fourth-order valence-corrected chi connectivity index (χ4v) is 4.58. The van der Waals surface area contributed by atoms with E-state index < -0.39 is 0 Å². The number of fused-ring (bicyclic) bond motifs is 2. The van der Waals surface area contributed by atoms with Crippen LogP contribution < -0.4 is 0 Å². The zero-order valence-electron chi connectivity index (χ0n) is 16.6. The van der Waals surface area contributed by atoms with E-state index in [9.17, 15) is 4.79 Å². The molecule has 0 unspecified atom stereocenters. The van der Waals surface area contributed by atoms with E-state index in [1.165, 1.54) is 5.56 Å². The van der Waals surface area contributed by atoms with Crippen molar-refractivity contribution >= 4 is 5.91 Å². The monoisotopic (exact) mass is 405 g/mol. The Morgan fingerprint density at radius 1 is 1.17 bits per heavy atom. The van der Waals surface area contributed by atoms with Crippen LogP contribution in [0.1, 0.15) is 59.1 Å². The van der Waals surface area contributed by atoms with Gasteiger partial charge in [-0.3, -0.25) is 9.89 Å². The summed E-state index contributed by atoms with van der Waals surface area (Å²) < 4.78 is 11.5. The van der Waals surface area contributed by atoms with E-state index in [2.05, 4.69) is 20.3 Å². The van der Waals surface area contributed by atoms with Crippen molar-refractivity contribution in [2.75, 3.05) is 19.7 Å². The summed E-state index contributed by atoms with van der Waals surface area (Å²) in [6, 6.07) is 7.47. The Balaban J connectivity index is 1.14. The predicted molar refractivity (Wildman–Crippen MR) is 107 cm³/mol. The van der Waals surface area contributed by atoms with E-state index in [4.69, 9.17) is 9.26 Å². The zero-order chi connectivity index (χ0) is 20.1. The second-order valence-corrected chi connectivity index (χ2v) is 8.46. The molecule has 3 aliphatic rings. The summed E-state index contributed by atoms with van der Waals surface area (Å²) in [6.45, 7) is 2.03. The number of H-pyrrole nitrogens is 1. The summed E-state index contributed by atoms with van der Waals surface area (Å²) in [4.78, 5) is 19.4. The number of carbonyl (C=O) groups excluding carboxylic acids is 1. The van der Waals surface area contributed by atoms with Crippen molar-refractivity contribution < 1.29 is 14.1 Å². The van der Waals surface area contributed by atoms with Gasteiger partial charge in [0.05, 0.1) is 18.5 Å². The number of rotatable bonds is 3. The van der Waals surface area contributed by atoms with Crippen molar-refractivity contribution in [1.82, 2.24) is 25.2 Å². The van der Waals surface area contributed by atoms with Crippen LogP contribution in [0.5, 0.6) is 0 Å². The third-order valence-corrected chi connectivity index (χ3v) is 6.54. The van der Waals surface area contributed by atoms with E-state index in [0.717, 1.165) is 49.3 Å². The van der Waals surface area contributed by atoms with Crippen molar-refractivity contribution in [3.63, 3.8) is 0 Å². The molecule has 1 saturated carbocycles. The Hall–Kier alpha value is -3.00. The Kier molecular flexibility index (Phi) is 4.02. The lowest BCUT2D eigenvalue weighted by molar-refractivity contribution is -0.0962. The molecule has 1 saturated heterocycles. The van der Waals surface area contributed by atoms with Gasteiger partial charge >= 0.3 is 0 Å². The number of aromatic amines is 1. The number of hydrogen-bond acceptors (Lipinski definition) is 6. The summed E-state index contributed by atoms with van der Waals surface area (Å²) in [5.74, 6) is 1.78. The minimum atomic E-state index is -0.331. The summed E-state index contributed by atoms with van der Waals surface area (Å²) in [7, 11) is 0. The van der Waals surface area contributed by atoms with Crippen molar-refractivity contribution in [2.45, 2.75) is 43.6 Å². The Morgan fingerprint density at radius 2 is 1.97 bits per heavy atom. The fraction of sp³-hybridized carbons (Fsp3) is 0.455. The molecule has 30 heavy (non-hydrogen) atoms. The van der Waals surface area contributed by atoms with Crippen LogP contribution in [-0.4, -0.2) is 50.8 Å². The first kappa shape index (κ1) is 17.8. The van der Waals surface area contributed by atoms with Gasteiger partial charge in [-0.25, -0.2) is 0 Å². The number of hydrogen-bond donors (Lipinski definition) is 1. The van der Waals surface area contributed by atoms with Crippen LogP contribution in [0.4, 0.5) is 0 Å². The highest BCUT2D eigenvalue weighted by Gasteiger charge is 2.43. The molecule has 1 N–H and O–H groups in total. The van der Waals surface area contributed by atoms with Gasteiger partial charge in [0, 0.05) is 30.1 Å². The molecule has 2 fully saturated rings. The third kappa shape index (κ3) is 2.94. The smallest absolute Gasteiger partial charge is 0.253 e. The predicted octanol–water partition coefficient (Wildman–Crippen LogP) is 3.04. The lowest BCUT2D eigenvalue weighted by atomic mass is 9.83. The first-order valence-electron chi connectivity index (χ1n) is 10.6. The Bertz CT molecular complexity index is 1070. The quantitative estimate of drug-likeness (QED) is 0.719. The van der Waals surface area contributed by atoms with Crippen molar-refractivity contribution in [3.8, 4) is 11.4 Å². The van der Waals surface area contributed by atoms with Gasteiger partial charge in [0.15, 0.2) is 0 Å². The number of nitrogens with zero attached hydrogens (tertiary/aromatic N) is 4. The highest BCUT2D eigenvalue weighted by atomic mass is 16.5. The summed E-state index contributed by atoms with van der Waals surface area (Å²) >= 11 is 0. The normalized spacial score (nSPS) is 20.3. The van der Waals surface area contributed by atoms with Gasteiger partial charge in [-0.05, 0) is 49.8 Å². The highest BCUT2D eigenvalue weighted by Crippen LogP contribution is 2.41. The molecule has 8 heteroatoms. The molecule has 8 nitrogen and oxygen atoms in total. The number of nitrogens with one attached hydrogen (secondary N) is 1. The molecule has 3 aromatic rings. The molecule has 0 bridgehead atoms. The molecule has 2 aliphatic heterocycles. The van der Waals surface area contributed by atoms with Crippen LogP contribution in [0.3, 0.4) is 0 Å². The summed E-state index contributed by atoms with van der Waals surface area (Å²) in [5, 5.41) is 11.4. The second-order valence-electron chi connectivity index (χ2n) is 8.46. The maximum Gasteiger partial charge on any atom is 0.253 e. The number of amides is 1. The van der Waals surface area contributed by atoms with E-state index in [-0.39, 0.29) is 11.5 Å². The van der Waals surface area contributed by atoms with Gasteiger partial charge in [-0.15, -0.1) is 0 Å². The molecule has 0 atom stereocenters. The molecule has 1 spiro atoms. The molecular weight excluding hydrogens is 382 g/mol. The third-order valence-electron chi connectivity index (χ3n) is 6.54. The lowest BCUT2D eigenvalue weighted by Gasteiger charge is -2.43. The Morgan fingerprint density at radius 3 is 2.73 bits per heavy atom. The molecule has 0 radical (unpaired) electrons. The largest absolute Gasteiger partial charge is 0.368 e. The van der Waals surface area contributed by atoms with Crippen LogP contribution in [-0.2, 0) is 16.8 Å². The average molecular weight is 405 g/mol. The minimum Gasteiger partial charge on any atom is -0.368 e. The number of benzene rings is 1. The first-order valence-corrected chi connectivity index (χ1v) is 10.6. The number of likely N-dealkylation sites (tertiary alicyclic amines) is 1. The van der Waals surface area contributed by atoms with Crippen molar-refractivity contribution in [2.24, 2.45) is 0 Å². The van der Waals surface area contributed by atoms with Gasteiger partial charge in [0.2, 0.25) is 11.7 Å². The maximum atomic E-state index is 13.0. The van der Waals surface area contributed by atoms with Crippen molar-refractivity contribution in [3.05, 3.63) is 53.2 Å². The van der Waals surface area contributed by atoms with Crippen LogP contribution >= 0.6 is 0 Å². The highest BCUT2D eigenvalue weighted by molar-refractivity contribution is 5.94. The lowest BCUT2D eigenvalue weighted by Crippen LogP contribution is -2.48. The molecule has 2 aromatic heterocycles. The van der Waals surface area contributed by atoms with Crippen LogP contribution in [0, 0.1) is 0 Å². The van der Waals surface area contributed by atoms with Gasteiger partial charge in [-0.1, -0.05) is 17.3 Å². The standard InChI is InChI=1S/C22H23N5O3/c28-21(16-5-1-14(2-6-16)19-24-20(30-26-19)15-3-4-15)27-10-8-22(9-11-27)18-17(7-12-29-22)13-23-25-18/h1-2,5-6,13,15H,3-4,7-12H2,(H,23,25). The molecular formula is C22H23N5O3. The second kappa shape index (κ2) is 6.77. The van der Waals surface area contributed by atoms with Gasteiger partial charge < -0.3 is 14.2 Å². The summed E-state index contributed by atoms with van der Waals surface area (Å²) in [6.07, 6.45) is 6.59. The topological polar surface area (TPSA) is 97.1 Å². The maximum absolute atomic E-state index is 13.0. The molecule has 1 aromatic carbocycles. The number of aromatic nitrogens is 4. The van der Waals surface area contributed by atoms with Gasteiger partial charge in [0.1, 0.15) is 5.60 Å². The minimum absolute atomic E-state index is 0.0452. The molecule has 4 heterocycles. The van der Waals surface area contributed by atoms with Crippen LogP contribution in [0.15, 0.2) is 35.0 Å².